The molecule has 4 nitrogen and oxygen atoms in total. The van der Waals surface area contributed by atoms with E-state index in [1.165, 1.54) is 38.5 Å². The number of rotatable bonds is 13. The van der Waals surface area contributed by atoms with E-state index in [4.69, 9.17) is 18.9 Å². The predicted octanol–water partition coefficient (Wildman–Crippen LogP) is 5.65. The maximum atomic E-state index is 5.59. The average molecular weight is 353 g/mol. The smallest absolute Gasteiger partial charge is 0.207 e. The number of ether oxygens (including phenoxy) is 4. The summed E-state index contributed by atoms with van der Waals surface area (Å²) in [7, 11) is 6.55. The van der Waals surface area contributed by atoms with Crippen molar-refractivity contribution < 1.29 is 18.9 Å². The maximum absolute atomic E-state index is 5.59. The first-order valence-corrected chi connectivity index (χ1v) is 9.52. The molecule has 0 aliphatic carbocycles. The first-order chi connectivity index (χ1) is 12.2. The lowest BCUT2D eigenvalue weighted by atomic mass is 9.95. The molecule has 144 valence electrons. The first-order valence-electron chi connectivity index (χ1n) is 9.52. The highest BCUT2D eigenvalue weighted by atomic mass is 16.5. The molecule has 0 radical (unpaired) electrons. The van der Waals surface area contributed by atoms with E-state index in [1.807, 2.05) is 6.07 Å². The van der Waals surface area contributed by atoms with Crippen LogP contribution >= 0.6 is 0 Å². The second-order valence-corrected chi connectivity index (χ2v) is 6.47. The Morgan fingerprint density at radius 1 is 0.720 bits per heavy atom. The van der Waals surface area contributed by atoms with Gasteiger partial charge in [-0.05, 0) is 24.8 Å². The summed E-state index contributed by atoms with van der Waals surface area (Å²) >= 11 is 0. The van der Waals surface area contributed by atoms with E-state index in [-0.39, 0.29) is 0 Å². The summed E-state index contributed by atoms with van der Waals surface area (Å²) in [5.74, 6) is 3.51. The van der Waals surface area contributed by atoms with Gasteiger partial charge in [0.05, 0.1) is 28.4 Å². The van der Waals surface area contributed by atoms with Gasteiger partial charge in [0, 0.05) is 5.56 Å². The lowest BCUT2D eigenvalue weighted by Crippen LogP contribution is -2.02. The van der Waals surface area contributed by atoms with Crippen LogP contribution in [-0.4, -0.2) is 28.4 Å². The van der Waals surface area contributed by atoms with Crippen LogP contribution in [0.2, 0.25) is 0 Å². The minimum absolute atomic E-state index is 0.579. The van der Waals surface area contributed by atoms with Crippen LogP contribution in [0.1, 0.15) is 64.4 Å². The van der Waals surface area contributed by atoms with Crippen molar-refractivity contribution in [2.75, 3.05) is 28.4 Å². The molecular formula is C21H36O4. The zero-order valence-corrected chi connectivity index (χ0v) is 16.9. The van der Waals surface area contributed by atoms with Crippen molar-refractivity contribution in [2.24, 2.45) is 5.92 Å². The molecule has 0 unspecified atom stereocenters. The van der Waals surface area contributed by atoms with Gasteiger partial charge in [-0.25, -0.2) is 0 Å². The Hall–Kier alpha value is -1.58. The van der Waals surface area contributed by atoms with Crippen LogP contribution in [0.25, 0.3) is 0 Å². The SMILES string of the molecule is CCC(CC)CCCCCCc1cc(OC)c(OC)c(OC)c1OC. The van der Waals surface area contributed by atoms with E-state index >= 15 is 0 Å². The molecule has 0 fully saturated rings. The van der Waals surface area contributed by atoms with E-state index in [2.05, 4.69) is 13.8 Å². The van der Waals surface area contributed by atoms with Crippen molar-refractivity contribution in [1.29, 1.82) is 0 Å². The summed E-state index contributed by atoms with van der Waals surface area (Å²) in [6.45, 7) is 4.59. The number of hydrogen-bond acceptors (Lipinski definition) is 4. The molecule has 25 heavy (non-hydrogen) atoms. The van der Waals surface area contributed by atoms with Gasteiger partial charge >= 0.3 is 0 Å². The lowest BCUT2D eigenvalue weighted by Gasteiger charge is -2.18. The van der Waals surface area contributed by atoms with Gasteiger partial charge < -0.3 is 18.9 Å². The molecule has 1 rings (SSSR count). The van der Waals surface area contributed by atoms with Crippen molar-refractivity contribution in [3.63, 3.8) is 0 Å². The highest BCUT2D eigenvalue weighted by molar-refractivity contribution is 5.62. The number of benzene rings is 1. The molecule has 0 saturated carbocycles. The molecule has 1 aromatic carbocycles. The van der Waals surface area contributed by atoms with Crippen LogP contribution in [0.15, 0.2) is 6.07 Å². The molecule has 0 aromatic heterocycles. The summed E-state index contributed by atoms with van der Waals surface area (Å²) in [6, 6.07) is 2.00. The van der Waals surface area contributed by atoms with Crippen LogP contribution in [0.4, 0.5) is 0 Å². The van der Waals surface area contributed by atoms with Gasteiger partial charge in [0.2, 0.25) is 11.5 Å². The number of hydrogen-bond donors (Lipinski definition) is 0. The maximum Gasteiger partial charge on any atom is 0.207 e. The van der Waals surface area contributed by atoms with Gasteiger partial charge in [-0.2, -0.15) is 0 Å². The third-order valence-electron chi connectivity index (χ3n) is 5.03. The monoisotopic (exact) mass is 352 g/mol. The Bertz CT molecular complexity index is 495. The second kappa shape index (κ2) is 11.9. The van der Waals surface area contributed by atoms with E-state index in [0.717, 1.165) is 30.1 Å². The first kappa shape index (κ1) is 21.5. The van der Waals surface area contributed by atoms with Crippen molar-refractivity contribution in [2.45, 2.75) is 65.2 Å². The van der Waals surface area contributed by atoms with Gasteiger partial charge in [-0.1, -0.05) is 52.4 Å². The third-order valence-corrected chi connectivity index (χ3v) is 5.03. The Balaban J connectivity index is 2.66. The highest BCUT2D eigenvalue weighted by Gasteiger charge is 2.21. The topological polar surface area (TPSA) is 36.9 Å². The Kier molecular flexibility index (Phi) is 10.2. The summed E-state index contributed by atoms with van der Waals surface area (Å²) < 4.78 is 22.0. The molecule has 0 saturated heterocycles. The number of methoxy groups -OCH3 is 4. The van der Waals surface area contributed by atoms with Gasteiger partial charge in [-0.3, -0.25) is 0 Å². The van der Waals surface area contributed by atoms with Crippen LogP contribution in [-0.2, 0) is 6.42 Å². The molecule has 0 atom stereocenters. The number of unbranched alkanes of at least 4 members (excludes halogenated alkanes) is 3. The minimum Gasteiger partial charge on any atom is -0.493 e. The summed E-state index contributed by atoms with van der Waals surface area (Å²) in [5.41, 5.74) is 1.11. The van der Waals surface area contributed by atoms with E-state index in [1.54, 1.807) is 28.4 Å². The quantitative estimate of drug-likeness (QED) is 0.430. The molecule has 1 aromatic rings. The van der Waals surface area contributed by atoms with E-state index in [9.17, 15) is 0 Å². The fraction of sp³-hybridized carbons (Fsp3) is 0.714. The molecule has 0 spiro atoms. The average Bonchev–Trinajstić information content (AvgIpc) is 2.65. The molecule has 0 N–H and O–H groups in total. The zero-order chi connectivity index (χ0) is 18.7. The van der Waals surface area contributed by atoms with Crippen LogP contribution in [0, 0.1) is 5.92 Å². The fourth-order valence-corrected chi connectivity index (χ4v) is 3.39. The van der Waals surface area contributed by atoms with Crippen molar-refractivity contribution >= 4 is 0 Å². The second-order valence-electron chi connectivity index (χ2n) is 6.47. The van der Waals surface area contributed by atoms with Crippen LogP contribution in [0.5, 0.6) is 23.0 Å². The summed E-state index contributed by atoms with van der Waals surface area (Å²) in [5, 5.41) is 0. The minimum atomic E-state index is 0.579. The highest BCUT2D eigenvalue weighted by Crippen LogP contribution is 2.46. The zero-order valence-electron chi connectivity index (χ0n) is 16.9. The van der Waals surface area contributed by atoms with Gasteiger partial charge in [-0.15, -0.1) is 0 Å². The van der Waals surface area contributed by atoms with Gasteiger partial charge in [0.25, 0.3) is 0 Å². The Morgan fingerprint density at radius 3 is 1.84 bits per heavy atom. The fourth-order valence-electron chi connectivity index (χ4n) is 3.39. The van der Waals surface area contributed by atoms with Gasteiger partial charge in [0.15, 0.2) is 11.5 Å². The molecule has 0 aliphatic rings. The lowest BCUT2D eigenvalue weighted by molar-refractivity contribution is 0.303. The molecule has 0 aliphatic heterocycles. The molecule has 4 heteroatoms. The van der Waals surface area contributed by atoms with Crippen molar-refractivity contribution in [3.05, 3.63) is 11.6 Å². The molecular weight excluding hydrogens is 316 g/mol. The van der Waals surface area contributed by atoms with E-state index < -0.39 is 0 Å². The molecule has 0 amide bonds. The predicted molar refractivity (Wildman–Crippen MR) is 104 cm³/mol. The van der Waals surface area contributed by atoms with Crippen LogP contribution in [0.3, 0.4) is 0 Å². The standard InChI is InChI=1S/C21H36O4/c1-7-16(8-2)13-11-9-10-12-14-17-15-18(22-3)20(24-5)21(25-6)19(17)23-4/h15-16H,7-14H2,1-6H3. The van der Waals surface area contributed by atoms with E-state index in [0.29, 0.717) is 17.2 Å². The number of aryl methyl sites for hydroxylation is 1. The normalized spacial score (nSPS) is 10.8. The van der Waals surface area contributed by atoms with Crippen molar-refractivity contribution in [3.8, 4) is 23.0 Å². The molecule has 0 bridgehead atoms. The Morgan fingerprint density at radius 2 is 1.32 bits per heavy atom. The third kappa shape index (κ3) is 6.02. The van der Waals surface area contributed by atoms with Crippen molar-refractivity contribution in [1.82, 2.24) is 0 Å². The van der Waals surface area contributed by atoms with Crippen LogP contribution < -0.4 is 18.9 Å². The largest absolute Gasteiger partial charge is 0.493 e. The Labute approximate surface area is 153 Å². The summed E-state index contributed by atoms with van der Waals surface area (Å²) in [4.78, 5) is 0. The molecule has 0 heterocycles. The van der Waals surface area contributed by atoms with Gasteiger partial charge in [0.1, 0.15) is 0 Å². The summed E-state index contributed by atoms with van der Waals surface area (Å²) in [6.07, 6.45) is 9.92.